The van der Waals surface area contributed by atoms with E-state index in [-0.39, 0.29) is 30.4 Å². The van der Waals surface area contributed by atoms with Gasteiger partial charge in [0.15, 0.2) is 0 Å². The third kappa shape index (κ3) is 11.2. The highest BCUT2D eigenvalue weighted by molar-refractivity contribution is 8.13. The lowest BCUT2D eigenvalue weighted by molar-refractivity contribution is -0.139. The van der Waals surface area contributed by atoms with Gasteiger partial charge >= 0.3 is 5.97 Å². The maximum absolute atomic E-state index is 12.1. The molecule has 0 fully saturated rings. The SMILES string of the molecule is CC(=O)NCCSC(=O)[C@H](CN)NC(=O)[C@@H](C)NC(=O)CC[C@@H](N)C(=O)O. The Morgan fingerprint density at radius 1 is 1.15 bits per heavy atom. The van der Waals surface area contributed by atoms with E-state index < -0.39 is 35.9 Å². The normalized spacial score (nSPS) is 13.8. The molecular formula is C15H27N5O6S. The average Bonchev–Trinajstić information content (AvgIpc) is 2.60. The third-order valence-electron chi connectivity index (χ3n) is 3.33. The van der Waals surface area contributed by atoms with Gasteiger partial charge in [-0.15, -0.1) is 0 Å². The largest absolute Gasteiger partial charge is 0.480 e. The summed E-state index contributed by atoms with van der Waals surface area (Å²) in [5, 5.41) is 15.7. The van der Waals surface area contributed by atoms with Gasteiger partial charge in [0.2, 0.25) is 22.8 Å². The van der Waals surface area contributed by atoms with Crippen LogP contribution < -0.4 is 27.4 Å². The Kier molecular flexibility index (Phi) is 12.0. The molecule has 0 spiro atoms. The number of aliphatic carboxylic acids is 1. The van der Waals surface area contributed by atoms with Gasteiger partial charge in [-0.05, 0) is 13.3 Å². The summed E-state index contributed by atoms with van der Waals surface area (Å²) in [7, 11) is 0. The van der Waals surface area contributed by atoms with Crippen LogP contribution in [0.4, 0.5) is 0 Å². The van der Waals surface area contributed by atoms with Gasteiger partial charge in [-0.3, -0.25) is 24.0 Å². The fourth-order valence-electron chi connectivity index (χ4n) is 1.78. The molecule has 0 rings (SSSR count). The molecule has 0 unspecified atom stereocenters. The second kappa shape index (κ2) is 13.1. The van der Waals surface area contributed by atoms with E-state index in [2.05, 4.69) is 16.0 Å². The van der Waals surface area contributed by atoms with Crippen molar-refractivity contribution in [1.29, 1.82) is 0 Å². The van der Waals surface area contributed by atoms with E-state index in [4.69, 9.17) is 16.6 Å². The standard InChI is InChI=1S/C15H27N5O6S/c1-8(19-12(22)4-3-10(17)14(24)25)13(23)20-11(7-16)15(26)27-6-5-18-9(2)21/h8,10-11H,3-7,16-17H2,1-2H3,(H,18,21)(H,19,22)(H,20,23)(H,24,25)/t8-,10-,11+/m1/s1. The lowest BCUT2D eigenvalue weighted by Gasteiger charge is -2.19. The molecule has 27 heavy (non-hydrogen) atoms. The number of carboxylic acids is 1. The molecule has 0 aliphatic heterocycles. The molecule has 0 heterocycles. The average molecular weight is 405 g/mol. The van der Waals surface area contributed by atoms with Gasteiger partial charge in [0.1, 0.15) is 18.1 Å². The Morgan fingerprint density at radius 3 is 2.30 bits per heavy atom. The number of carboxylic acid groups (broad SMARTS) is 1. The first-order valence-corrected chi connectivity index (χ1v) is 9.26. The predicted molar refractivity (Wildman–Crippen MR) is 99.6 cm³/mol. The van der Waals surface area contributed by atoms with Gasteiger partial charge in [-0.25, -0.2) is 0 Å². The first kappa shape index (κ1) is 24.8. The summed E-state index contributed by atoms with van der Waals surface area (Å²) < 4.78 is 0. The van der Waals surface area contributed by atoms with E-state index in [0.717, 1.165) is 11.8 Å². The molecule has 0 saturated carbocycles. The molecule has 0 bridgehead atoms. The maximum Gasteiger partial charge on any atom is 0.320 e. The smallest absolute Gasteiger partial charge is 0.320 e. The molecule has 12 heteroatoms. The van der Waals surface area contributed by atoms with E-state index in [1.807, 2.05) is 0 Å². The van der Waals surface area contributed by atoms with Crippen molar-refractivity contribution in [3.63, 3.8) is 0 Å². The van der Waals surface area contributed by atoms with Crippen molar-refractivity contribution in [2.75, 3.05) is 18.8 Å². The van der Waals surface area contributed by atoms with Crippen LogP contribution in [0.3, 0.4) is 0 Å². The Morgan fingerprint density at radius 2 is 1.78 bits per heavy atom. The summed E-state index contributed by atoms with van der Waals surface area (Å²) in [6.07, 6.45) is -0.215. The Balaban J connectivity index is 4.35. The number of rotatable bonds is 12. The van der Waals surface area contributed by atoms with E-state index in [1.54, 1.807) is 0 Å². The minimum atomic E-state index is -1.21. The number of nitrogens with two attached hydrogens (primary N) is 2. The second-order valence-corrected chi connectivity index (χ2v) is 6.82. The molecule has 0 aliphatic carbocycles. The van der Waals surface area contributed by atoms with Gasteiger partial charge in [0.25, 0.3) is 0 Å². The number of nitrogens with one attached hydrogen (secondary N) is 3. The fraction of sp³-hybridized carbons (Fsp3) is 0.667. The summed E-state index contributed by atoms with van der Waals surface area (Å²) in [4.78, 5) is 57.2. The van der Waals surface area contributed by atoms with E-state index in [9.17, 15) is 24.0 Å². The lowest BCUT2D eigenvalue weighted by Crippen LogP contribution is -2.52. The van der Waals surface area contributed by atoms with Crippen LogP contribution in [0.1, 0.15) is 26.7 Å². The summed E-state index contributed by atoms with van der Waals surface area (Å²) >= 11 is 0.928. The Bertz CT molecular complexity index is 559. The van der Waals surface area contributed by atoms with Crippen LogP contribution in [0.5, 0.6) is 0 Å². The zero-order chi connectivity index (χ0) is 21.0. The van der Waals surface area contributed by atoms with Crippen molar-refractivity contribution in [3.05, 3.63) is 0 Å². The molecule has 0 saturated heterocycles. The predicted octanol–water partition coefficient (Wildman–Crippen LogP) is -2.48. The van der Waals surface area contributed by atoms with Crippen molar-refractivity contribution in [2.24, 2.45) is 11.5 Å². The van der Waals surface area contributed by atoms with Crippen LogP contribution in [0.25, 0.3) is 0 Å². The minimum Gasteiger partial charge on any atom is -0.480 e. The first-order chi connectivity index (χ1) is 12.6. The van der Waals surface area contributed by atoms with Crippen molar-refractivity contribution in [3.8, 4) is 0 Å². The third-order valence-corrected chi connectivity index (χ3v) is 4.30. The van der Waals surface area contributed by atoms with Crippen LogP contribution in [0, 0.1) is 0 Å². The number of thioether (sulfide) groups is 1. The van der Waals surface area contributed by atoms with E-state index in [0.29, 0.717) is 12.3 Å². The number of carbonyl (C=O) groups is 5. The molecule has 3 atom stereocenters. The van der Waals surface area contributed by atoms with Crippen molar-refractivity contribution < 1.29 is 29.1 Å². The van der Waals surface area contributed by atoms with Crippen LogP contribution in [-0.4, -0.2) is 70.9 Å². The van der Waals surface area contributed by atoms with Crippen LogP contribution in [0.15, 0.2) is 0 Å². The molecule has 0 radical (unpaired) electrons. The molecule has 11 nitrogen and oxygen atoms in total. The molecule has 0 aromatic rings. The fourth-order valence-corrected chi connectivity index (χ4v) is 2.54. The highest BCUT2D eigenvalue weighted by atomic mass is 32.2. The molecule has 154 valence electrons. The molecule has 0 aliphatic rings. The quantitative estimate of drug-likeness (QED) is 0.191. The van der Waals surface area contributed by atoms with Gasteiger partial charge in [0, 0.05) is 32.2 Å². The molecule has 0 aromatic carbocycles. The maximum atomic E-state index is 12.1. The molecule has 3 amide bonds. The number of hydrogen-bond acceptors (Lipinski definition) is 8. The Labute approximate surface area is 161 Å². The van der Waals surface area contributed by atoms with Crippen molar-refractivity contribution in [1.82, 2.24) is 16.0 Å². The highest BCUT2D eigenvalue weighted by Crippen LogP contribution is 2.05. The van der Waals surface area contributed by atoms with Gasteiger partial charge in [0.05, 0.1) is 0 Å². The second-order valence-electron chi connectivity index (χ2n) is 5.72. The summed E-state index contributed by atoms with van der Waals surface area (Å²) in [5.41, 5.74) is 10.8. The van der Waals surface area contributed by atoms with Gasteiger partial charge in [-0.1, -0.05) is 11.8 Å². The van der Waals surface area contributed by atoms with Crippen LogP contribution >= 0.6 is 11.8 Å². The number of amides is 3. The summed E-state index contributed by atoms with van der Waals surface area (Å²) in [6, 6.07) is -3.03. The highest BCUT2D eigenvalue weighted by Gasteiger charge is 2.23. The van der Waals surface area contributed by atoms with Crippen molar-refractivity contribution in [2.45, 2.75) is 44.8 Å². The van der Waals surface area contributed by atoms with E-state index in [1.165, 1.54) is 13.8 Å². The van der Waals surface area contributed by atoms with Gasteiger partial charge < -0.3 is 32.5 Å². The molecule has 0 aromatic heterocycles. The zero-order valence-corrected chi connectivity index (χ0v) is 16.1. The topological polar surface area (TPSA) is 194 Å². The Hall–Kier alpha value is -2.18. The number of hydrogen-bond donors (Lipinski definition) is 6. The van der Waals surface area contributed by atoms with E-state index >= 15 is 0 Å². The summed E-state index contributed by atoms with van der Waals surface area (Å²) in [6.45, 7) is 2.97. The van der Waals surface area contributed by atoms with Crippen LogP contribution in [-0.2, 0) is 24.0 Å². The summed E-state index contributed by atoms with van der Waals surface area (Å²) in [5.74, 6) is -2.22. The number of carbonyl (C=O) groups excluding carboxylic acids is 4. The molecular weight excluding hydrogens is 378 g/mol. The first-order valence-electron chi connectivity index (χ1n) is 8.27. The van der Waals surface area contributed by atoms with Crippen LogP contribution in [0.2, 0.25) is 0 Å². The monoisotopic (exact) mass is 405 g/mol. The van der Waals surface area contributed by atoms with Crippen molar-refractivity contribution >= 4 is 40.6 Å². The molecule has 8 N–H and O–H groups in total. The zero-order valence-electron chi connectivity index (χ0n) is 15.3. The lowest BCUT2D eigenvalue weighted by atomic mass is 10.1. The van der Waals surface area contributed by atoms with Gasteiger partial charge in [-0.2, -0.15) is 0 Å². The minimum absolute atomic E-state index is 0.0651.